The molecule has 0 aliphatic carbocycles. The zero-order chi connectivity index (χ0) is 77.9. The predicted molar refractivity (Wildman–Crippen MR) is 368 cm³/mol. The number of aliphatic hydroxyl groups is 2. The van der Waals surface area contributed by atoms with Crippen molar-refractivity contribution in [2.75, 3.05) is 37.0 Å². The maximum absolute atomic E-state index is 12.6. The minimum Gasteiger partial charge on any atom is -0.481 e. The molecule has 572 valence electrons. The number of nitroso groups, excluding NO2 is 2. The summed E-state index contributed by atoms with van der Waals surface area (Å²) in [5.41, 5.74) is 16.4. The van der Waals surface area contributed by atoms with Gasteiger partial charge in [0.1, 0.15) is 30.7 Å². The van der Waals surface area contributed by atoms with Crippen molar-refractivity contribution in [2.45, 2.75) is 190 Å². The van der Waals surface area contributed by atoms with Crippen molar-refractivity contribution in [1.29, 1.82) is 0 Å². The molecule has 0 aliphatic heterocycles. The summed E-state index contributed by atoms with van der Waals surface area (Å²) in [4.78, 5) is 199. The van der Waals surface area contributed by atoms with E-state index in [0.717, 1.165) is 21.6 Å². The third kappa shape index (κ3) is 51.4. The first-order valence-electron chi connectivity index (χ1n) is 29.7. The van der Waals surface area contributed by atoms with Crippen molar-refractivity contribution in [3.63, 3.8) is 0 Å². The van der Waals surface area contributed by atoms with Crippen molar-refractivity contribution in [3.8, 4) is 0 Å². The van der Waals surface area contributed by atoms with Gasteiger partial charge in [0.05, 0.1) is 53.3 Å². The van der Waals surface area contributed by atoms with Crippen LogP contribution in [0, 0.1) is 33.5 Å². The number of ketones is 3. The van der Waals surface area contributed by atoms with Crippen LogP contribution in [-0.4, -0.2) is 227 Å². The Morgan fingerprint density at radius 3 is 1.36 bits per heavy atom. The number of carbonyl (C=O) groups excluding carboxylic acids is 11. The second-order valence-corrected chi connectivity index (χ2v) is 31.0. The monoisotopic (exact) mass is 1550 g/mol. The molecule has 0 rings (SSSR count). The molecular weight excluding hydrogens is 1460 g/mol. The first-order valence-corrected chi connectivity index (χ1v) is 36.1. The van der Waals surface area contributed by atoms with Crippen molar-refractivity contribution < 1.29 is 131 Å². The highest BCUT2D eigenvalue weighted by molar-refractivity contribution is 8.77. The van der Waals surface area contributed by atoms with Crippen LogP contribution in [0.1, 0.15) is 133 Å². The summed E-state index contributed by atoms with van der Waals surface area (Å²) in [6.45, 7) is 13.6. The summed E-state index contributed by atoms with van der Waals surface area (Å²) >= 11 is 1.26. The fraction of sp³-hybridized carbons (Fsp3) is 0.714. The number of aliphatic hydroxyl groups excluding tert-OH is 2. The lowest BCUT2D eigenvalue weighted by atomic mass is 9.90. The molecule has 0 fully saturated rings. The van der Waals surface area contributed by atoms with Crippen LogP contribution >= 0.6 is 67.1 Å². The maximum atomic E-state index is 12.6. The first kappa shape index (κ1) is 99.6. The fourth-order valence-corrected chi connectivity index (χ4v) is 14.0. The van der Waals surface area contributed by atoms with Crippen LogP contribution in [0.15, 0.2) is 9.16 Å². The first-order chi connectivity index (χ1) is 46.4. The van der Waals surface area contributed by atoms with Gasteiger partial charge in [0, 0.05) is 105 Å². The van der Waals surface area contributed by atoms with Gasteiger partial charge in [-0.05, 0) is 87.5 Å². The number of carboxylic acid groups (broad SMARTS) is 5. The normalized spacial score (nSPS) is 14.3. The van der Waals surface area contributed by atoms with Gasteiger partial charge in [-0.3, -0.25) is 78.6 Å². The van der Waals surface area contributed by atoms with Crippen molar-refractivity contribution in [2.24, 2.45) is 50.0 Å². The second-order valence-electron chi connectivity index (χ2n) is 22.9. The van der Waals surface area contributed by atoms with Gasteiger partial charge in [-0.1, -0.05) is 43.2 Å². The third-order valence-electron chi connectivity index (χ3n) is 13.0. The molecule has 17 N–H and O–H groups in total. The molecule has 0 aromatic heterocycles. The predicted octanol–water partition coefficient (Wildman–Crippen LogP) is 1.29. The topological polar surface area (TPSA) is 637 Å². The molecule has 0 bridgehead atoms. The average Bonchev–Trinajstić information content (AvgIpc) is 0.835. The smallest absolute Gasteiger partial charge is 0.322 e. The Bertz CT molecular complexity index is 2640. The van der Waals surface area contributed by atoms with Gasteiger partial charge in [0.25, 0.3) is 25.9 Å². The zero-order valence-electron chi connectivity index (χ0n) is 56.4. The number of amides is 4. The quantitative estimate of drug-likeness (QED) is 0.00776. The van der Waals surface area contributed by atoms with Gasteiger partial charge in [0.15, 0.2) is 24.5 Å². The molecule has 44 heteroatoms. The molecule has 38 nitrogen and oxygen atoms in total. The summed E-state index contributed by atoms with van der Waals surface area (Å²) in [6.07, 6.45) is -4.76. The lowest BCUT2D eigenvalue weighted by Crippen LogP contribution is -2.48. The summed E-state index contributed by atoms with van der Waals surface area (Å²) in [5, 5.41) is 74.1. The molecule has 0 aromatic carbocycles. The van der Waals surface area contributed by atoms with Crippen LogP contribution < -0.4 is 38.5 Å². The summed E-state index contributed by atoms with van der Waals surface area (Å²) < 4.78 is 21.3. The molecule has 100 heavy (non-hydrogen) atoms. The van der Waals surface area contributed by atoms with E-state index < -0.39 is 147 Å². The fourth-order valence-electron chi connectivity index (χ4n) is 7.56. The molecule has 0 spiro atoms. The zero-order valence-corrected chi connectivity index (χ0v) is 61.3. The van der Waals surface area contributed by atoms with E-state index in [9.17, 15) is 102 Å². The number of carboxylic acids is 5. The van der Waals surface area contributed by atoms with Crippen LogP contribution in [0.3, 0.4) is 0 Å². The molecule has 0 aromatic rings. The number of hydrogen-bond acceptors (Lipinski definition) is 35. The highest BCUT2D eigenvalue weighted by Gasteiger charge is 2.42. The van der Waals surface area contributed by atoms with E-state index in [2.05, 4.69) is 44.6 Å². The SMILES string of the molecule is CC(=O)CC(C(=O)O)C(C)(C)SN=O.CC(=O)CC(C(=O)O)C(C)(C)SSC(C)(C)C(NC(C)=O)OC=O.N[C@@H](CCC(O)C[C@@H](CSN=O)C(=O)NCC(=O)O)OC=O.N[C@@H](CCC(O)C[C@@H](CSSC[C@H](NC(=O)CC[C@H](N)C(=O)O)C(=O)CCOC=O)C(=O)NCC(=O)O)OC=O. The minimum atomic E-state index is -1.28. The van der Waals surface area contributed by atoms with E-state index >= 15 is 0 Å². The van der Waals surface area contributed by atoms with E-state index in [1.165, 1.54) is 42.4 Å². The van der Waals surface area contributed by atoms with Gasteiger partial charge in [-0.15, -0.1) is 9.81 Å². The standard InChI is InChI=1S/C22H36N4O12S2.C15H25NO6S2.C11H19N3O7S.C8H13NO4S/c23-15(22(35)36)2-4-19(31)26-16(17(30)5-6-37-11-27)10-40-39-9-13(21(34)25-8-20(32)33)7-14(29)1-3-18(24)38-12-28;1-9(18)7-11(12(20)21)14(3,4)23-24-15(5,6)13(22-8-17)16-10(2)19;12-9(21-6-15)2-1-8(16)3-7(5-22-14-20)11(19)13-4-10(17)18;1-5(10)4-6(7(11)12)8(2,3)14-9-13/h11-16,18,29H,1-10,23-24H2,(H,25,34)(H,26,31)(H,32,33)(H,35,36);8,11,13H,7H2,1-6H3,(H,16,19)(H,20,21);6-9,16H,1-5,12H2,(H,13,19)(H,17,18);6H,4H2,1-3H3,(H,11,12)/t13-,14?,15-,16-,18+;;7-,8?,9+;/m0.0./s1. The van der Waals surface area contributed by atoms with Crippen molar-refractivity contribution in [3.05, 3.63) is 9.81 Å². The summed E-state index contributed by atoms with van der Waals surface area (Å²) in [5.74, 6) is -12.1. The van der Waals surface area contributed by atoms with Crippen LogP contribution in [-0.2, 0) is 95.7 Å². The van der Waals surface area contributed by atoms with Crippen LogP contribution in [0.2, 0.25) is 0 Å². The van der Waals surface area contributed by atoms with Gasteiger partial charge in [-0.2, -0.15) is 0 Å². The Balaban J connectivity index is -0.000000659. The van der Waals surface area contributed by atoms with Gasteiger partial charge in [0.2, 0.25) is 23.6 Å². The molecule has 0 radical (unpaired) electrons. The van der Waals surface area contributed by atoms with E-state index in [0.29, 0.717) is 23.9 Å². The van der Waals surface area contributed by atoms with Crippen LogP contribution in [0.5, 0.6) is 0 Å². The average molecular weight is 1550 g/mol. The number of nitrogens with zero attached hydrogens (tertiary/aromatic N) is 2. The van der Waals surface area contributed by atoms with E-state index in [4.69, 9.17) is 42.4 Å². The number of Topliss-reactive ketones (excluding diaryl/α,β-unsaturated/α-hetero) is 3. The number of aliphatic carboxylic acids is 5. The van der Waals surface area contributed by atoms with Crippen LogP contribution in [0.25, 0.3) is 0 Å². The van der Waals surface area contributed by atoms with Crippen molar-refractivity contribution >= 4 is 164 Å². The van der Waals surface area contributed by atoms with Gasteiger partial charge in [-0.25, -0.2) is 0 Å². The summed E-state index contributed by atoms with van der Waals surface area (Å²) in [7, 11) is 4.83. The molecule has 5 unspecified atom stereocenters. The number of carbonyl (C=O) groups is 16. The summed E-state index contributed by atoms with van der Waals surface area (Å²) in [6, 6.07) is -2.27. The van der Waals surface area contributed by atoms with E-state index in [-0.39, 0.29) is 138 Å². The molecule has 0 saturated heterocycles. The largest absolute Gasteiger partial charge is 0.481 e. The highest BCUT2D eigenvalue weighted by atomic mass is 33.1. The number of rotatable bonds is 55. The molecule has 0 aliphatic rings. The van der Waals surface area contributed by atoms with Crippen molar-refractivity contribution in [1.82, 2.24) is 21.3 Å². The van der Waals surface area contributed by atoms with Gasteiger partial charge >= 0.3 is 29.8 Å². The van der Waals surface area contributed by atoms with Crippen LogP contribution in [0.4, 0.5) is 0 Å². The van der Waals surface area contributed by atoms with E-state index in [1.54, 1.807) is 41.5 Å². The molecule has 4 amide bonds. The lowest BCUT2D eigenvalue weighted by molar-refractivity contribution is -0.145. The number of hydrogen-bond donors (Lipinski definition) is 14. The molecular formula is C56H93N9O29S6. The number of nitrogens with one attached hydrogen (secondary N) is 4. The minimum absolute atomic E-state index is 0.00177. The Morgan fingerprint density at radius 2 is 0.970 bits per heavy atom. The maximum Gasteiger partial charge on any atom is 0.322 e. The molecule has 0 saturated carbocycles. The Kier molecular flexibility index (Phi) is 55.6. The Morgan fingerprint density at radius 1 is 0.530 bits per heavy atom. The second kappa shape index (κ2) is 55.8. The Labute approximate surface area is 600 Å². The Hall–Kier alpha value is -6.78. The third-order valence-corrected chi connectivity index (χ3v) is 21.3. The lowest BCUT2D eigenvalue weighted by Gasteiger charge is -2.36. The van der Waals surface area contributed by atoms with E-state index in [1.807, 2.05) is 0 Å². The highest BCUT2D eigenvalue weighted by Crippen LogP contribution is 2.49. The molecule has 0 heterocycles. The molecule has 11 atom stereocenters. The number of ether oxygens (including phenoxy) is 4. The van der Waals surface area contributed by atoms with Gasteiger partial charge < -0.3 is 91.3 Å². The number of nitrogens with two attached hydrogens (primary N) is 3.